The summed E-state index contributed by atoms with van der Waals surface area (Å²) in [5.74, 6) is 0. The molecule has 5 heteroatoms. The number of benzene rings is 1. The van der Waals surface area contributed by atoms with E-state index >= 15 is 0 Å². The van der Waals surface area contributed by atoms with Gasteiger partial charge in [0.1, 0.15) is 0 Å². The second kappa shape index (κ2) is 3.52. The van der Waals surface area contributed by atoms with E-state index in [-0.39, 0.29) is 5.56 Å². The van der Waals surface area contributed by atoms with Crippen LogP contribution in [0, 0.1) is 0 Å². The van der Waals surface area contributed by atoms with Crippen LogP contribution in [0.5, 0.6) is 0 Å². The van der Waals surface area contributed by atoms with Gasteiger partial charge in [0.15, 0.2) is 0 Å². The Balaban J connectivity index is 2.72. The minimum atomic E-state index is -0.0241. The molecule has 0 fully saturated rings. The smallest absolute Gasteiger partial charge is 0.325 e. The molecule has 3 rings (SSSR count). The predicted octanol–water partition coefficient (Wildman–Crippen LogP) is 0.819. The molecule has 16 heavy (non-hydrogen) atoms. The van der Waals surface area contributed by atoms with Gasteiger partial charge in [-0.2, -0.15) is 0 Å². The lowest BCUT2D eigenvalue weighted by Gasteiger charge is -2.06. The molecule has 0 spiro atoms. The summed E-state index contributed by atoms with van der Waals surface area (Å²) >= 11 is 5.10. The maximum absolute atomic E-state index is 11.6. The summed E-state index contributed by atoms with van der Waals surface area (Å²) in [5.41, 5.74) is 1.97. The Kier molecular flexibility index (Phi) is 2.24. The van der Waals surface area contributed by atoms with Crippen LogP contribution in [0.25, 0.3) is 21.9 Å². The molecule has 0 atom stereocenters. The van der Waals surface area contributed by atoms with E-state index in [9.17, 15) is 4.79 Å². The van der Waals surface area contributed by atoms with E-state index in [0.29, 0.717) is 0 Å². The third-order valence-electron chi connectivity index (χ3n) is 2.78. The standard InChI is InChI=1S/C11H7N2O.2Al/c14-10-6-5-8-7-3-1-2-4-9(7)12-11(8)13-10;;/h1-6H,(H-,12,13,14);;/q-1;2*+1/p-1. The lowest BCUT2D eigenvalue weighted by Crippen LogP contribution is -2.18. The van der Waals surface area contributed by atoms with Crippen molar-refractivity contribution in [3.8, 4) is 0 Å². The first kappa shape index (κ1) is 10.2. The highest BCUT2D eigenvalue weighted by Crippen LogP contribution is 2.25. The van der Waals surface area contributed by atoms with E-state index < -0.39 is 0 Å². The number of fused-ring (bicyclic) bond motifs is 3. The zero-order valence-electron chi connectivity index (χ0n) is 8.42. The summed E-state index contributed by atoms with van der Waals surface area (Å²) in [6, 6.07) is 11.6. The van der Waals surface area contributed by atoms with E-state index in [0.717, 1.165) is 21.9 Å². The number of rotatable bonds is 0. The van der Waals surface area contributed by atoms with Gasteiger partial charge in [-0.3, -0.25) is 4.79 Å². The van der Waals surface area contributed by atoms with Gasteiger partial charge in [0.25, 0.3) is 0 Å². The molecule has 1 aromatic carbocycles. The largest absolute Gasteiger partial charge is 0.440 e. The summed E-state index contributed by atoms with van der Waals surface area (Å²) < 4.78 is 3.54. The average Bonchev–Trinajstić information content (AvgIpc) is 2.59. The Morgan fingerprint density at radius 3 is 2.44 bits per heavy atom. The van der Waals surface area contributed by atoms with Crippen molar-refractivity contribution < 1.29 is 0 Å². The Morgan fingerprint density at radius 2 is 1.62 bits per heavy atom. The Bertz CT molecular complexity index is 758. The van der Waals surface area contributed by atoms with Crippen LogP contribution in [0.15, 0.2) is 41.2 Å². The van der Waals surface area contributed by atoms with Crippen molar-refractivity contribution in [1.29, 1.82) is 0 Å². The number of nitrogens with zero attached hydrogens (tertiary/aromatic N) is 2. The number of hydrogen-bond donors (Lipinski definition) is 0. The maximum atomic E-state index is 11.6. The summed E-state index contributed by atoms with van der Waals surface area (Å²) in [6.07, 6.45) is 0. The molecule has 72 valence electrons. The van der Waals surface area contributed by atoms with E-state index in [4.69, 9.17) is 0 Å². The zero-order chi connectivity index (χ0) is 11.3. The van der Waals surface area contributed by atoms with E-state index in [1.165, 1.54) is 0 Å². The quantitative estimate of drug-likeness (QED) is 0.531. The van der Waals surface area contributed by atoms with Crippen LogP contribution in [-0.4, -0.2) is 40.1 Å². The number of pyridine rings is 1. The summed E-state index contributed by atoms with van der Waals surface area (Å²) in [6.45, 7) is 0. The number of aromatic nitrogens is 2. The Hall–Kier alpha value is -0.965. The molecule has 4 radical (unpaired) electrons. The Morgan fingerprint density at radius 1 is 0.875 bits per heavy atom. The first-order valence-electron chi connectivity index (χ1n) is 4.85. The topological polar surface area (TPSA) is 26.9 Å². The van der Waals surface area contributed by atoms with Crippen molar-refractivity contribution in [2.45, 2.75) is 0 Å². The molecule has 2 aromatic heterocycles. The third-order valence-corrected chi connectivity index (χ3v) is 3.80. The molecular formula is C11H6Al2N2O. The van der Waals surface area contributed by atoms with Gasteiger partial charge >= 0.3 is 33.0 Å². The minimum absolute atomic E-state index is 0.0241. The van der Waals surface area contributed by atoms with Crippen molar-refractivity contribution >= 4 is 55.0 Å². The van der Waals surface area contributed by atoms with Gasteiger partial charge in [0.2, 0.25) is 5.56 Å². The van der Waals surface area contributed by atoms with Crippen molar-refractivity contribution in [3.05, 3.63) is 46.8 Å². The fourth-order valence-electron chi connectivity index (χ4n) is 2.03. The second-order valence-electron chi connectivity index (χ2n) is 3.67. The highest BCUT2D eigenvalue weighted by Gasteiger charge is 2.07. The highest BCUT2D eigenvalue weighted by molar-refractivity contribution is 6.23. The zero-order valence-corrected chi connectivity index (χ0v) is 10.7. The molecule has 2 heterocycles. The van der Waals surface area contributed by atoms with Gasteiger partial charge in [0.05, 0.1) is 5.65 Å². The van der Waals surface area contributed by atoms with Gasteiger partial charge in [-0.25, -0.2) is 0 Å². The molecule has 0 saturated carbocycles. The van der Waals surface area contributed by atoms with Crippen LogP contribution in [0.3, 0.4) is 0 Å². The van der Waals surface area contributed by atoms with Gasteiger partial charge < -0.3 is 7.10 Å². The normalized spacial score (nSPS) is 11.2. The highest BCUT2D eigenvalue weighted by atomic mass is 27.1. The number of para-hydroxylation sites is 1. The SMILES string of the molecule is O=c1ccc2c3ccccc3[n]([Al])c2[n]1[Al]. The van der Waals surface area contributed by atoms with Crippen LogP contribution < -0.4 is 5.56 Å². The lowest BCUT2D eigenvalue weighted by atomic mass is 10.2. The van der Waals surface area contributed by atoms with Crippen molar-refractivity contribution in [3.63, 3.8) is 0 Å². The molecule has 0 N–H and O–H groups in total. The van der Waals surface area contributed by atoms with E-state index in [2.05, 4.69) is 39.1 Å². The maximum Gasteiger partial charge on any atom is 0.325 e. The van der Waals surface area contributed by atoms with Crippen LogP contribution in [-0.2, 0) is 0 Å². The summed E-state index contributed by atoms with van der Waals surface area (Å²) in [4.78, 5) is 11.6. The molecule has 3 nitrogen and oxygen atoms in total. The molecule has 0 unspecified atom stereocenters. The van der Waals surface area contributed by atoms with Crippen LogP contribution in [0.1, 0.15) is 0 Å². The second-order valence-corrected chi connectivity index (χ2v) is 4.70. The monoisotopic (exact) mass is 236 g/mol. The third kappa shape index (κ3) is 1.24. The molecule has 0 aliphatic carbocycles. The fourth-order valence-corrected chi connectivity index (χ4v) is 3.00. The molecule has 0 saturated heterocycles. The van der Waals surface area contributed by atoms with Crippen molar-refractivity contribution in [2.75, 3.05) is 0 Å². The molecule has 0 aliphatic rings. The molecule has 3 aromatic rings. The minimum Gasteiger partial charge on any atom is -0.440 e. The van der Waals surface area contributed by atoms with E-state index in [1.807, 2.05) is 27.8 Å². The first-order valence-corrected chi connectivity index (χ1v) is 5.89. The lowest BCUT2D eigenvalue weighted by molar-refractivity contribution is 1.14. The van der Waals surface area contributed by atoms with Gasteiger partial charge in [-0.05, 0) is 12.1 Å². The molecule has 0 bridgehead atoms. The molecule has 0 aliphatic heterocycles. The van der Waals surface area contributed by atoms with E-state index in [1.54, 1.807) is 9.62 Å². The van der Waals surface area contributed by atoms with Gasteiger partial charge in [0, 0.05) is 22.4 Å². The molecular weight excluding hydrogens is 230 g/mol. The first-order chi connectivity index (χ1) is 7.70. The van der Waals surface area contributed by atoms with Crippen LogP contribution >= 0.6 is 0 Å². The predicted molar refractivity (Wildman–Crippen MR) is 66.0 cm³/mol. The van der Waals surface area contributed by atoms with Crippen LogP contribution in [0.4, 0.5) is 0 Å². The molecule has 0 amide bonds. The summed E-state index contributed by atoms with van der Waals surface area (Å²) in [5, 5.41) is 2.24. The number of hydrogen-bond acceptors (Lipinski definition) is 1. The average molecular weight is 236 g/mol. The fraction of sp³-hybridized carbons (Fsp3) is 0. The van der Waals surface area contributed by atoms with Crippen molar-refractivity contribution in [2.24, 2.45) is 0 Å². The Labute approximate surface area is 109 Å². The van der Waals surface area contributed by atoms with Gasteiger partial charge in [-0.15, -0.1) is 0 Å². The van der Waals surface area contributed by atoms with Crippen LogP contribution in [0.2, 0.25) is 0 Å². The summed E-state index contributed by atoms with van der Waals surface area (Å²) in [7, 11) is 0. The van der Waals surface area contributed by atoms with Gasteiger partial charge in [-0.1, -0.05) is 18.2 Å². The van der Waals surface area contributed by atoms with Crippen molar-refractivity contribution in [1.82, 2.24) is 7.10 Å².